The smallest absolute Gasteiger partial charge is 0.305 e. The molecule has 0 aliphatic heterocycles. The quantitative estimate of drug-likeness (QED) is 0.160. The number of hydrogen-bond acceptors (Lipinski definition) is 3. The molecule has 0 aromatic heterocycles. The third kappa shape index (κ3) is 8.01. The van der Waals surface area contributed by atoms with Crippen LogP contribution in [0.4, 0.5) is 4.39 Å². The minimum absolute atomic E-state index is 0.0120. The number of carbonyl (C=O) groups is 2. The predicted octanol–water partition coefficient (Wildman–Crippen LogP) is 9.64. The van der Waals surface area contributed by atoms with Gasteiger partial charge in [-0.15, -0.1) is 0 Å². The first-order valence-corrected chi connectivity index (χ1v) is 15.4. The Hall–Kier alpha value is -4.94. The fraction of sp³-hybridized carbons (Fsp3) is 0.179. The van der Waals surface area contributed by atoms with Crippen LogP contribution >= 0.6 is 11.6 Å². The van der Waals surface area contributed by atoms with Gasteiger partial charge in [0.2, 0.25) is 0 Å². The third-order valence-corrected chi connectivity index (χ3v) is 8.09. The van der Waals surface area contributed by atoms with Crippen molar-refractivity contribution < 1.29 is 23.8 Å². The Morgan fingerprint density at radius 2 is 1.41 bits per heavy atom. The molecule has 0 spiro atoms. The van der Waals surface area contributed by atoms with E-state index < -0.39 is 23.7 Å². The van der Waals surface area contributed by atoms with E-state index in [1.807, 2.05) is 66.7 Å². The average Bonchev–Trinajstić information content (AvgIpc) is 3.05. The van der Waals surface area contributed by atoms with Gasteiger partial charge in [-0.05, 0) is 68.6 Å². The SMILES string of the molecule is CC(C)(C)c1ccc(COc2ccc(-c3ccc(F)c(Cl)c3)cc2C(=O)NC(CC(=O)O)c2ccc(-c3ccccc3)cc2)cc1. The molecule has 1 atom stereocenters. The van der Waals surface area contributed by atoms with Crippen LogP contribution in [0.25, 0.3) is 22.3 Å². The van der Waals surface area contributed by atoms with E-state index in [0.29, 0.717) is 22.4 Å². The standard InChI is InChI=1S/C39H35ClFNO4/c1-39(2,3)31-17-9-25(10-18-31)24-46-36-20-16-29(30-15-19-34(41)33(40)22-30)21-32(36)38(45)42-35(23-37(43)44)28-13-11-27(12-14-28)26-7-5-4-6-8-26/h4-22,35H,23-24H2,1-3H3,(H,42,45)(H,43,44). The number of benzene rings is 5. The van der Waals surface area contributed by atoms with E-state index in [4.69, 9.17) is 16.3 Å². The Morgan fingerprint density at radius 1 is 0.804 bits per heavy atom. The number of aliphatic carboxylic acids is 1. The number of halogens is 2. The van der Waals surface area contributed by atoms with Crippen molar-refractivity contribution in [3.05, 3.63) is 148 Å². The maximum absolute atomic E-state index is 13.9. The van der Waals surface area contributed by atoms with Crippen molar-refractivity contribution in [2.24, 2.45) is 0 Å². The zero-order valence-electron chi connectivity index (χ0n) is 25.9. The predicted molar refractivity (Wildman–Crippen MR) is 181 cm³/mol. The molecule has 0 fully saturated rings. The van der Waals surface area contributed by atoms with Crippen molar-refractivity contribution in [1.29, 1.82) is 0 Å². The van der Waals surface area contributed by atoms with Crippen LogP contribution in [0.2, 0.25) is 5.02 Å². The normalized spacial score (nSPS) is 11.9. The van der Waals surface area contributed by atoms with Crippen LogP contribution in [-0.2, 0) is 16.8 Å². The molecule has 0 radical (unpaired) electrons. The van der Waals surface area contributed by atoms with E-state index in [9.17, 15) is 19.1 Å². The molecule has 0 bridgehead atoms. The van der Waals surface area contributed by atoms with Gasteiger partial charge in [-0.25, -0.2) is 4.39 Å². The average molecular weight is 636 g/mol. The molecule has 0 aliphatic rings. The molecular weight excluding hydrogens is 601 g/mol. The topological polar surface area (TPSA) is 75.6 Å². The second kappa shape index (κ2) is 14.0. The lowest BCUT2D eigenvalue weighted by Gasteiger charge is -2.20. The van der Waals surface area contributed by atoms with Gasteiger partial charge in [0.15, 0.2) is 0 Å². The van der Waals surface area contributed by atoms with Gasteiger partial charge < -0.3 is 15.2 Å². The molecule has 0 saturated heterocycles. The largest absolute Gasteiger partial charge is 0.488 e. The minimum atomic E-state index is -1.05. The second-order valence-electron chi connectivity index (χ2n) is 12.2. The lowest BCUT2D eigenvalue weighted by molar-refractivity contribution is -0.137. The lowest BCUT2D eigenvalue weighted by Crippen LogP contribution is -2.30. The van der Waals surface area contributed by atoms with Crippen LogP contribution in [0, 0.1) is 5.82 Å². The number of carboxylic acids is 1. The molecule has 0 aliphatic carbocycles. The Labute approximate surface area is 273 Å². The summed E-state index contributed by atoms with van der Waals surface area (Å²) in [5, 5.41) is 12.6. The Morgan fingerprint density at radius 3 is 2.04 bits per heavy atom. The maximum Gasteiger partial charge on any atom is 0.305 e. The summed E-state index contributed by atoms with van der Waals surface area (Å²) in [6.07, 6.45) is -0.319. The lowest BCUT2D eigenvalue weighted by atomic mass is 9.87. The summed E-state index contributed by atoms with van der Waals surface area (Å²) in [4.78, 5) is 25.8. The summed E-state index contributed by atoms with van der Waals surface area (Å²) < 4.78 is 20.1. The first kappa shape index (κ1) is 32.5. The summed E-state index contributed by atoms with van der Waals surface area (Å²) >= 11 is 6.05. The first-order valence-electron chi connectivity index (χ1n) is 15.0. The van der Waals surface area contributed by atoms with Crippen LogP contribution in [-0.4, -0.2) is 17.0 Å². The van der Waals surface area contributed by atoms with Gasteiger partial charge in [0.05, 0.1) is 23.0 Å². The zero-order chi connectivity index (χ0) is 32.8. The van der Waals surface area contributed by atoms with Crippen molar-refractivity contribution in [2.45, 2.75) is 45.3 Å². The highest BCUT2D eigenvalue weighted by Gasteiger charge is 2.22. The molecular formula is C39H35ClFNO4. The monoisotopic (exact) mass is 635 g/mol. The van der Waals surface area contributed by atoms with Gasteiger partial charge in [-0.1, -0.05) is 123 Å². The molecule has 0 heterocycles. The fourth-order valence-corrected chi connectivity index (χ4v) is 5.33. The number of rotatable bonds is 10. The molecule has 0 saturated carbocycles. The highest BCUT2D eigenvalue weighted by atomic mass is 35.5. The first-order chi connectivity index (χ1) is 22.0. The van der Waals surface area contributed by atoms with Crippen molar-refractivity contribution in [1.82, 2.24) is 5.32 Å². The number of ether oxygens (including phenoxy) is 1. The molecule has 5 aromatic carbocycles. The maximum atomic E-state index is 13.9. The van der Waals surface area contributed by atoms with Gasteiger partial charge >= 0.3 is 5.97 Å². The molecule has 46 heavy (non-hydrogen) atoms. The summed E-state index contributed by atoms with van der Waals surface area (Å²) in [6, 6.07) is 34.1. The molecule has 5 nitrogen and oxygen atoms in total. The molecule has 5 rings (SSSR count). The summed E-state index contributed by atoms with van der Waals surface area (Å²) in [7, 11) is 0. The Kier molecular flexibility index (Phi) is 9.88. The van der Waals surface area contributed by atoms with Crippen LogP contribution in [0.1, 0.15) is 60.3 Å². The van der Waals surface area contributed by atoms with Crippen molar-refractivity contribution in [3.8, 4) is 28.0 Å². The summed E-state index contributed by atoms with van der Waals surface area (Å²) in [6.45, 7) is 6.66. The molecule has 1 amide bonds. The van der Waals surface area contributed by atoms with E-state index in [1.54, 1.807) is 24.3 Å². The highest BCUT2D eigenvalue weighted by Crippen LogP contribution is 2.31. The third-order valence-electron chi connectivity index (χ3n) is 7.80. The van der Waals surface area contributed by atoms with E-state index in [0.717, 1.165) is 16.7 Å². The van der Waals surface area contributed by atoms with Crippen molar-refractivity contribution in [2.75, 3.05) is 0 Å². The van der Waals surface area contributed by atoms with Gasteiger partial charge in [-0.2, -0.15) is 0 Å². The van der Waals surface area contributed by atoms with Gasteiger partial charge in [0.25, 0.3) is 5.91 Å². The van der Waals surface area contributed by atoms with E-state index in [2.05, 4.69) is 38.2 Å². The van der Waals surface area contributed by atoms with E-state index in [1.165, 1.54) is 17.7 Å². The van der Waals surface area contributed by atoms with Gasteiger partial charge in [0.1, 0.15) is 18.2 Å². The van der Waals surface area contributed by atoms with Crippen LogP contribution < -0.4 is 10.1 Å². The summed E-state index contributed by atoms with van der Waals surface area (Å²) in [5.74, 6) is -1.78. The van der Waals surface area contributed by atoms with Crippen LogP contribution in [0.15, 0.2) is 115 Å². The highest BCUT2D eigenvalue weighted by molar-refractivity contribution is 6.31. The number of carbonyl (C=O) groups excluding carboxylic acids is 1. The molecule has 5 aromatic rings. The fourth-order valence-electron chi connectivity index (χ4n) is 5.15. The van der Waals surface area contributed by atoms with E-state index >= 15 is 0 Å². The van der Waals surface area contributed by atoms with Crippen LogP contribution in [0.5, 0.6) is 5.75 Å². The Balaban J connectivity index is 1.45. The Bertz CT molecular complexity index is 1830. The zero-order valence-corrected chi connectivity index (χ0v) is 26.6. The minimum Gasteiger partial charge on any atom is -0.488 e. The van der Waals surface area contributed by atoms with Crippen molar-refractivity contribution >= 4 is 23.5 Å². The number of carboxylic acid groups (broad SMARTS) is 1. The molecule has 7 heteroatoms. The number of nitrogens with one attached hydrogen (secondary N) is 1. The number of hydrogen-bond donors (Lipinski definition) is 2. The number of amides is 1. The van der Waals surface area contributed by atoms with E-state index in [-0.39, 0.29) is 29.0 Å². The van der Waals surface area contributed by atoms with Crippen LogP contribution in [0.3, 0.4) is 0 Å². The van der Waals surface area contributed by atoms with Gasteiger partial charge in [-0.3, -0.25) is 9.59 Å². The molecule has 234 valence electrons. The van der Waals surface area contributed by atoms with Crippen molar-refractivity contribution in [3.63, 3.8) is 0 Å². The van der Waals surface area contributed by atoms with Gasteiger partial charge in [0, 0.05) is 0 Å². The molecule has 2 N–H and O–H groups in total. The summed E-state index contributed by atoms with van der Waals surface area (Å²) in [5.41, 5.74) is 6.23. The molecule has 1 unspecified atom stereocenters. The second-order valence-corrected chi connectivity index (χ2v) is 12.6.